The van der Waals surface area contributed by atoms with E-state index in [1.165, 1.54) is 0 Å². The van der Waals surface area contributed by atoms with E-state index >= 15 is 0 Å². The molecule has 2 fully saturated rings. The zero-order chi connectivity index (χ0) is 18.4. The Morgan fingerprint density at radius 3 is 2.92 bits per heavy atom. The zero-order valence-electron chi connectivity index (χ0n) is 16.0. The largest absolute Gasteiger partial charge is 0.342 e. The van der Waals surface area contributed by atoms with Crippen LogP contribution in [-0.2, 0) is 16.0 Å². The minimum atomic E-state index is 0.0954. The van der Waals surface area contributed by atoms with Gasteiger partial charge in [0.1, 0.15) is 0 Å². The van der Waals surface area contributed by atoms with E-state index in [1.54, 1.807) is 6.20 Å². The molecule has 1 spiro atoms. The smallest absolute Gasteiger partial charge is 0.222 e. The lowest BCUT2D eigenvalue weighted by Crippen LogP contribution is -2.55. The molecule has 0 N–H and O–H groups in total. The maximum atomic E-state index is 12.5. The van der Waals surface area contributed by atoms with Gasteiger partial charge >= 0.3 is 0 Å². The Bertz CT molecular complexity index is 619. The van der Waals surface area contributed by atoms with Gasteiger partial charge in [-0.05, 0) is 37.8 Å². The minimum absolute atomic E-state index is 0.0954. The highest BCUT2D eigenvalue weighted by atomic mass is 16.2. The molecule has 5 nitrogen and oxygen atoms in total. The first kappa shape index (κ1) is 18.9. The Morgan fingerprint density at radius 1 is 1.27 bits per heavy atom. The molecular formula is C21H31N3O2. The third-order valence-electron chi connectivity index (χ3n) is 5.87. The number of carbonyl (C=O) groups is 2. The predicted octanol–water partition coefficient (Wildman–Crippen LogP) is 3.05. The molecule has 0 saturated carbocycles. The van der Waals surface area contributed by atoms with Gasteiger partial charge in [-0.2, -0.15) is 0 Å². The lowest BCUT2D eigenvalue weighted by molar-refractivity contribution is -0.143. The van der Waals surface area contributed by atoms with Crippen molar-refractivity contribution in [1.82, 2.24) is 14.8 Å². The molecule has 0 unspecified atom stereocenters. The Labute approximate surface area is 156 Å². The Morgan fingerprint density at radius 2 is 2.15 bits per heavy atom. The molecule has 3 heterocycles. The number of carbonyl (C=O) groups excluding carboxylic acids is 2. The Hall–Kier alpha value is -1.91. The van der Waals surface area contributed by atoms with Crippen molar-refractivity contribution < 1.29 is 9.59 Å². The second-order valence-electron chi connectivity index (χ2n) is 7.91. The van der Waals surface area contributed by atoms with E-state index in [-0.39, 0.29) is 11.3 Å². The van der Waals surface area contributed by atoms with Crippen molar-refractivity contribution in [2.24, 2.45) is 5.41 Å². The first-order valence-corrected chi connectivity index (χ1v) is 10.1. The summed E-state index contributed by atoms with van der Waals surface area (Å²) in [6.07, 6.45) is 8.99. The van der Waals surface area contributed by atoms with Crippen LogP contribution in [0.2, 0.25) is 0 Å². The summed E-state index contributed by atoms with van der Waals surface area (Å²) in [4.78, 5) is 33.3. The molecule has 2 aliphatic rings. The van der Waals surface area contributed by atoms with Crippen molar-refractivity contribution in [2.75, 3.05) is 26.2 Å². The van der Waals surface area contributed by atoms with Crippen molar-refractivity contribution in [3.63, 3.8) is 0 Å². The van der Waals surface area contributed by atoms with Crippen molar-refractivity contribution in [1.29, 1.82) is 0 Å². The predicted molar refractivity (Wildman–Crippen MR) is 102 cm³/mol. The van der Waals surface area contributed by atoms with Gasteiger partial charge in [0, 0.05) is 62.7 Å². The van der Waals surface area contributed by atoms with Crippen LogP contribution in [0.15, 0.2) is 24.4 Å². The first-order valence-electron chi connectivity index (χ1n) is 10.1. The second kappa shape index (κ2) is 8.65. The van der Waals surface area contributed by atoms with Crippen LogP contribution in [0.5, 0.6) is 0 Å². The normalized spacial score (nSPS) is 23.5. The Kier molecular flexibility index (Phi) is 6.28. The van der Waals surface area contributed by atoms with Crippen LogP contribution in [0.3, 0.4) is 0 Å². The second-order valence-corrected chi connectivity index (χ2v) is 7.91. The van der Waals surface area contributed by atoms with Gasteiger partial charge in [0.25, 0.3) is 0 Å². The standard InChI is InChI=1S/C21H31N3O2/c1-2-3-8-19(25)23-14-6-11-21(16-23)12-9-20(26)24(17-21)15-10-18-7-4-5-13-22-18/h4-5,7,13H,2-3,6,8-12,14-17H2,1H3/t21-/m0/s1. The van der Waals surface area contributed by atoms with Crippen LogP contribution in [0.4, 0.5) is 0 Å². The quantitative estimate of drug-likeness (QED) is 0.786. The summed E-state index contributed by atoms with van der Waals surface area (Å²) < 4.78 is 0. The molecule has 2 amide bonds. The van der Waals surface area contributed by atoms with Gasteiger partial charge in [-0.1, -0.05) is 19.4 Å². The van der Waals surface area contributed by atoms with Crippen molar-refractivity contribution in [3.05, 3.63) is 30.1 Å². The number of piperidine rings is 2. The highest BCUT2D eigenvalue weighted by molar-refractivity contribution is 5.78. The third kappa shape index (κ3) is 4.63. The monoisotopic (exact) mass is 357 g/mol. The SMILES string of the molecule is CCCCC(=O)N1CCC[C@]2(CCC(=O)N(CCc3ccccn3)C2)C1. The summed E-state index contributed by atoms with van der Waals surface area (Å²) in [5, 5.41) is 0. The lowest BCUT2D eigenvalue weighted by Gasteiger charge is -2.48. The molecule has 1 aromatic heterocycles. The van der Waals surface area contributed by atoms with Crippen LogP contribution in [0.25, 0.3) is 0 Å². The highest BCUT2D eigenvalue weighted by Crippen LogP contribution is 2.39. The topological polar surface area (TPSA) is 53.5 Å². The molecule has 1 aromatic rings. The number of rotatable bonds is 6. The molecule has 2 aliphatic heterocycles. The molecule has 0 aliphatic carbocycles. The van der Waals surface area contributed by atoms with Crippen LogP contribution >= 0.6 is 0 Å². The molecule has 5 heteroatoms. The summed E-state index contributed by atoms with van der Waals surface area (Å²) in [7, 11) is 0. The molecule has 26 heavy (non-hydrogen) atoms. The average molecular weight is 357 g/mol. The average Bonchev–Trinajstić information content (AvgIpc) is 2.68. The van der Waals surface area contributed by atoms with Gasteiger partial charge in [-0.25, -0.2) is 0 Å². The summed E-state index contributed by atoms with van der Waals surface area (Å²) in [5.41, 5.74) is 1.12. The van der Waals surface area contributed by atoms with Gasteiger partial charge in [0.05, 0.1) is 0 Å². The fourth-order valence-electron chi connectivity index (χ4n) is 4.34. The molecule has 142 valence electrons. The fraction of sp³-hybridized carbons (Fsp3) is 0.667. The van der Waals surface area contributed by atoms with E-state index in [2.05, 4.69) is 16.8 Å². The van der Waals surface area contributed by atoms with Crippen molar-refractivity contribution in [2.45, 2.75) is 58.3 Å². The molecule has 0 aromatic carbocycles. The van der Waals surface area contributed by atoms with Crippen LogP contribution < -0.4 is 0 Å². The van der Waals surface area contributed by atoms with E-state index in [0.29, 0.717) is 18.7 Å². The number of hydrogen-bond acceptors (Lipinski definition) is 3. The van der Waals surface area contributed by atoms with E-state index in [4.69, 9.17) is 0 Å². The maximum absolute atomic E-state index is 12.5. The number of pyridine rings is 1. The van der Waals surface area contributed by atoms with E-state index in [0.717, 1.165) is 70.4 Å². The van der Waals surface area contributed by atoms with Gasteiger partial charge in [-0.3, -0.25) is 14.6 Å². The van der Waals surface area contributed by atoms with Crippen molar-refractivity contribution >= 4 is 11.8 Å². The summed E-state index contributed by atoms with van der Waals surface area (Å²) in [6.45, 7) is 5.34. The molecule has 0 bridgehead atoms. The van der Waals surface area contributed by atoms with Gasteiger partial charge in [0.2, 0.25) is 11.8 Å². The van der Waals surface area contributed by atoms with Crippen LogP contribution in [-0.4, -0.2) is 52.8 Å². The van der Waals surface area contributed by atoms with Gasteiger partial charge < -0.3 is 9.80 Å². The zero-order valence-corrected chi connectivity index (χ0v) is 16.0. The lowest BCUT2D eigenvalue weighted by atomic mass is 9.73. The number of likely N-dealkylation sites (tertiary alicyclic amines) is 2. The molecule has 0 radical (unpaired) electrons. The number of hydrogen-bond donors (Lipinski definition) is 0. The van der Waals surface area contributed by atoms with Crippen LogP contribution in [0, 0.1) is 5.41 Å². The minimum Gasteiger partial charge on any atom is -0.342 e. The summed E-state index contributed by atoms with van der Waals surface area (Å²) in [5.74, 6) is 0.545. The summed E-state index contributed by atoms with van der Waals surface area (Å²) in [6, 6.07) is 5.92. The first-order chi connectivity index (χ1) is 12.6. The van der Waals surface area contributed by atoms with E-state index in [1.807, 2.05) is 23.1 Å². The van der Waals surface area contributed by atoms with E-state index < -0.39 is 0 Å². The molecular weight excluding hydrogens is 326 g/mol. The van der Waals surface area contributed by atoms with Crippen LogP contribution in [0.1, 0.15) is 57.6 Å². The number of amides is 2. The van der Waals surface area contributed by atoms with E-state index in [9.17, 15) is 9.59 Å². The highest BCUT2D eigenvalue weighted by Gasteiger charge is 2.42. The number of aromatic nitrogens is 1. The van der Waals surface area contributed by atoms with Gasteiger partial charge in [0.15, 0.2) is 0 Å². The molecule has 3 rings (SSSR count). The Balaban J connectivity index is 1.60. The molecule has 1 atom stereocenters. The summed E-state index contributed by atoms with van der Waals surface area (Å²) >= 11 is 0. The number of unbranched alkanes of at least 4 members (excludes halogenated alkanes) is 1. The third-order valence-corrected chi connectivity index (χ3v) is 5.87. The van der Waals surface area contributed by atoms with Gasteiger partial charge in [-0.15, -0.1) is 0 Å². The van der Waals surface area contributed by atoms with Crippen molar-refractivity contribution in [3.8, 4) is 0 Å². The fourth-order valence-corrected chi connectivity index (χ4v) is 4.34. The number of nitrogens with zero attached hydrogens (tertiary/aromatic N) is 3. The maximum Gasteiger partial charge on any atom is 0.222 e. The molecule has 2 saturated heterocycles.